The van der Waals surface area contributed by atoms with Crippen molar-refractivity contribution in [3.63, 3.8) is 0 Å². The summed E-state index contributed by atoms with van der Waals surface area (Å²) < 4.78 is 0. The van der Waals surface area contributed by atoms with E-state index in [1.807, 2.05) is 6.08 Å². The lowest BCUT2D eigenvalue weighted by Crippen LogP contribution is -2.12. The van der Waals surface area contributed by atoms with Crippen LogP contribution in [0.3, 0.4) is 0 Å². The predicted octanol–water partition coefficient (Wildman–Crippen LogP) is 4.87. The standard InChI is InChI=1S/C11H16.C4H8/c1-9-7-5-6-8-10(9)11(2,3)4;1-3-4-2/h5-8H,1-4H3;3H,1,4H2,2H3. The van der Waals surface area contributed by atoms with Crippen LogP contribution < -0.4 is 0 Å². The smallest absolute Gasteiger partial charge is 0.0129 e. The van der Waals surface area contributed by atoms with Crippen molar-refractivity contribution in [1.82, 2.24) is 0 Å². The predicted molar refractivity (Wildman–Crippen MR) is 70.4 cm³/mol. The van der Waals surface area contributed by atoms with Gasteiger partial charge in [0, 0.05) is 0 Å². The molecular formula is C15H24. The van der Waals surface area contributed by atoms with Crippen LogP contribution in [-0.2, 0) is 5.41 Å². The van der Waals surface area contributed by atoms with Crippen LogP contribution in [0.2, 0.25) is 0 Å². The molecule has 0 heteroatoms. The summed E-state index contributed by atoms with van der Waals surface area (Å²) in [5, 5.41) is 0. The van der Waals surface area contributed by atoms with Crippen LogP contribution >= 0.6 is 0 Å². The number of allylic oxidation sites excluding steroid dienone is 1. The topological polar surface area (TPSA) is 0 Å². The Morgan fingerprint density at radius 3 is 1.93 bits per heavy atom. The number of aryl methyl sites for hydroxylation is 1. The zero-order valence-corrected chi connectivity index (χ0v) is 10.8. The number of hydrogen-bond acceptors (Lipinski definition) is 0. The second kappa shape index (κ2) is 6.44. The van der Waals surface area contributed by atoms with E-state index in [0.29, 0.717) is 0 Å². The summed E-state index contributed by atoms with van der Waals surface area (Å²) in [7, 11) is 0. The molecule has 0 N–H and O–H groups in total. The zero-order chi connectivity index (χ0) is 11.9. The van der Waals surface area contributed by atoms with E-state index in [-0.39, 0.29) is 5.41 Å². The molecule has 0 aliphatic rings. The molecule has 0 aliphatic heterocycles. The molecule has 0 unspecified atom stereocenters. The van der Waals surface area contributed by atoms with E-state index in [1.54, 1.807) is 0 Å². The van der Waals surface area contributed by atoms with E-state index in [2.05, 4.69) is 65.5 Å². The molecule has 15 heavy (non-hydrogen) atoms. The van der Waals surface area contributed by atoms with Crippen molar-refractivity contribution in [3.8, 4) is 0 Å². The molecule has 0 radical (unpaired) electrons. The maximum Gasteiger partial charge on any atom is -0.0129 e. The quantitative estimate of drug-likeness (QED) is 0.572. The van der Waals surface area contributed by atoms with Gasteiger partial charge in [-0.15, -0.1) is 6.58 Å². The average Bonchev–Trinajstić information content (AvgIpc) is 2.17. The van der Waals surface area contributed by atoms with E-state index >= 15 is 0 Å². The normalized spacial score (nSPS) is 10.2. The Bertz CT molecular complexity index is 289. The van der Waals surface area contributed by atoms with Crippen molar-refractivity contribution in [3.05, 3.63) is 48.0 Å². The van der Waals surface area contributed by atoms with Gasteiger partial charge in [-0.25, -0.2) is 0 Å². The fraction of sp³-hybridized carbons (Fsp3) is 0.467. The molecule has 0 atom stereocenters. The van der Waals surface area contributed by atoms with Gasteiger partial charge in [-0.2, -0.15) is 0 Å². The summed E-state index contributed by atoms with van der Waals surface area (Å²) >= 11 is 0. The third-order valence-corrected chi connectivity index (χ3v) is 2.24. The van der Waals surface area contributed by atoms with Crippen LogP contribution in [0.4, 0.5) is 0 Å². The highest BCUT2D eigenvalue weighted by Gasteiger charge is 2.14. The maximum atomic E-state index is 3.48. The summed E-state index contributed by atoms with van der Waals surface area (Å²) in [6.45, 7) is 14.4. The Morgan fingerprint density at radius 1 is 1.20 bits per heavy atom. The Balaban J connectivity index is 0.000000423. The molecule has 0 amide bonds. The highest BCUT2D eigenvalue weighted by Crippen LogP contribution is 2.24. The molecule has 0 aliphatic carbocycles. The summed E-state index contributed by atoms with van der Waals surface area (Å²) in [5.74, 6) is 0. The van der Waals surface area contributed by atoms with Crippen LogP contribution in [0.15, 0.2) is 36.9 Å². The van der Waals surface area contributed by atoms with E-state index in [9.17, 15) is 0 Å². The first-order chi connectivity index (χ1) is 6.93. The van der Waals surface area contributed by atoms with Crippen LogP contribution in [0.5, 0.6) is 0 Å². The Morgan fingerprint density at radius 2 is 1.67 bits per heavy atom. The average molecular weight is 204 g/mol. The second-order valence-electron chi connectivity index (χ2n) is 4.76. The molecule has 84 valence electrons. The summed E-state index contributed by atoms with van der Waals surface area (Å²) in [6.07, 6.45) is 2.96. The zero-order valence-electron chi connectivity index (χ0n) is 10.8. The molecule has 0 saturated heterocycles. The van der Waals surface area contributed by atoms with Crippen molar-refractivity contribution in [2.45, 2.75) is 46.5 Å². The second-order valence-corrected chi connectivity index (χ2v) is 4.76. The van der Waals surface area contributed by atoms with E-state index < -0.39 is 0 Å². The molecule has 0 heterocycles. The van der Waals surface area contributed by atoms with Gasteiger partial charge in [0.2, 0.25) is 0 Å². The van der Waals surface area contributed by atoms with Gasteiger partial charge in [0.25, 0.3) is 0 Å². The van der Waals surface area contributed by atoms with Crippen LogP contribution in [0, 0.1) is 6.92 Å². The fourth-order valence-corrected chi connectivity index (χ4v) is 1.41. The molecule has 0 fully saturated rings. The summed E-state index contributed by atoms with van der Waals surface area (Å²) in [5.41, 5.74) is 3.12. The van der Waals surface area contributed by atoms with Crippen molar-refractivity contribution >= 4 is 0 Å². The van der Waals surface area contributed by atoms with Crippen molar-refractivity contribution in [2.24, 2.45) is 0 Å². The van der Waals surface area contributed by atoms with Crippen LogP contribution in [0.25, 0.3) is 0 Å². The maximum absolute atomic E-state index is 3.48. The molecule has 1 aromatic rings. The molecular weight excluding hydrogens is 180 g/mol. The lowest BCUT2D eigenvalue weighted by molar-refractivity contribution is 0.586. The van der Waals surface area contributed by atoms with Crippen molar-refractivity contribution in [1.29, 1.82) is 0 Å². The highest BCUT2D eigenvalue weighted by molar-refractivity contribution is 5.31. The number of benzene rings is 1. The van der Waals surface area contributed by atoms with Gasteiger partial charge >= 0.3 is 0 Å². The Kier molecular flexibility index (Phi) is 6.00. The minimum absolute atomic E-state index is 0.283. The van der Waals surface area contributed by atoms with Gasteiger partial charge in [-0.05, 0) is 29.9 Å². The monoisotopic (exact) mass is 204 g/mol. The molecule has 0 bridgehead atoms. The summed E-state index contributed by atoms with van der Waals surface area (Å²) in [6, 6.07) is 8.56. The fourth-order valence-electron chi connectivity index (χ4n) is 1.41. The lowest BCUT2D eigenvalue weighted by atomic mass is 9.84. The first-order valence-electron chi connectivity index (χ1n) is 5.60. The first-order valence-corrected chi connectivity index (χ1v) is 5.60. The van der Waals surface area contributed by atoms with Gasteiger partial charge in [0.15, 0.2) is 0 Å². The van der Waals surface area contributed by atoms with Crippen LogP contribution in [-0.4, -0.2) is 0 Å². The van der Waals surface area contributed by atoms with Gasteiger partial charge in [-0.3, -0.25) is 0 Å². The highest BCUT2D eigenvalue weighted by atomic mass is 14.2. The van der Waals surface area contributed by atoms with Gasteiger partial charge in [-0.1, -0.05) is 58.0 Å². The van der Waals surface area contributed by atoms with Gasteiger partial charge < -0.3 is 0 Å². The molecule has 1 rings (SSSR count). The molecule has 0 saturated carbocycles. The Labute approximate surface area is 95.0 Å². The molecule has 1 aromatic carbocycles. The third-order valence-electron chi connectivity index (χ3n) is 2.24. The Hall–Kier alpha value is -1.04. The number of hydrogen-bond donors (Lipinski definition) is 0. The van der Waals surface area contributed by atoms with Gasteiger partial charge in [0.05, 0.1) is 0 Å². The van der Waals surface area contributed by atoms with Crippen molar-refractivity contribution in [2.75, 3.05) is 0 Å². The van der Waals surface area contributed by atoms with E-state index in [0.717, 1.165) is 6.42 Å². The summed E-state index contributed by atoms with van der Waals surface area (Å²) in [4.78, 5) is 0. The molecule has 0 nitrogen and oxygen atoms in total. The lowest BCUT2D eigenvalue weighted by Gasteiger charge is -2.21. The van der Waals surface area contributed by atoms with Crippen LogP contribution in [0.1, 0.15) is 45.2 Å². The SMILES string of the molecule is C=CCC.Cc1ccccc1C(C)(C)C. The first kappa shape index (κ1) is 14.0. The van der Waals surface area contributed by atoms with E-state index in [4.69, 9.17) is 0 Å². The molecule has 0 aromatic heterocycles. The van der Waals surface area contributed by atoms with Crippen molar-refractivity contribution < 1.29 is 0 Å². The minimum atomic E-state index is 0.283. The largest absolute Gasteiger partial charge is 0.103 e. The van der Waals surface area contributed by atoms with Gasteiger partial charge in [0.1, 0.15) is 0 Å². The minimum Gasteiger partial charge on any atom is -0.103 e. The van der Waals surface area contributed by atoms with E-state index in [1.165, 1.54) is 11.1 Å². The third kappa shape index (κ3) is 5.41. The number of rotatable bonds is 1. The molecule has 0 spiro atoms.